The molecule has 0 amide bonds. The van der Waals surface area contributed by atoms with E-state index in [1.165, 1.54) is 0 Å². The average molecular weight is 431 g/mol. The summed E-state index contributed by atoms with van der Waals surface area (Å²) in [6.45, 7) is 0. The first-order valence-corrected chi connectivity index (χ1v) is 10.9. The average Bonchev–Trinajstić information content (AvgIpc) is 2.89. The van der Waals surface area contributed by atoms with Crippen molar-refractivity contribution in [2.24, 2.45) is 0 Å². The maximum Gasteiger partial charge on any atom is 0.219 e. The van der Waals surface area contributed by atoms with Crippen molar-refractivity contribution < 1.29 is 14.4 Å². The van der Waals surface area contributed by atoms with Gasteiger partial charge in [-0.15, -0.1) is 0 Å². The molecule has 5 rings (SSSR count). The Hall–Kier alpha value is -4.37. The first-order chi connectivity index (χ1) is 16.2. The minimum absolute atomic E-state index is 0.247. The summed E-state index contributed by atoms with van der Waals surface area (Å²) < 4.78 is 7.60. The van der Waals surface area contributed by atoms with Crippen LogP contribution in [0.3, 0.4) is 0 Å². The largest absolute Gasteiger partial charge is 0.508 e. The molecule has 3 nitrogen and oxygen atoms in total. The summed E-state index contributed by atoms with van der Waals surface area (Å²) in [5.74, 6) is 1.08. The summed E-state index contributed by atoms with van der Waals surface area (Å²) in [6, 6.07) is 40.7. The lowest BCUT2D eigenvalue weighted by molar-refractivity contribution is -0.572. The normalized spacial score (nSPS) is 10.7. The highest BCUT2D eigenvalue weighted by Gasteiger charge is 2.24. The molecule has 0 atom stereocenters. The Kier molecular flexibility index (Phi) is 5.61. The van der Waals surface area contributed by atoms with Crippen LogP contribution in [-0.2, 0) is 0 Å². The molecule has 0 saturated carbocycles. The molecular weight excluding hydrogens is 406 g/mol. The van der Waals surface area contributed by atoms with Gasteiger partial charge in [0, 0.05) is 35.4 Å². The Balaban J connectivity index is 1.83. The number of phenols is 1. The first kappa shape index (κ1) is 20.5. The second-order valence-corrected chi connectivity index (χ2v) is 7.83. The Morgan fingerprint density at radius 3 is 1.55 bits per heavy atom. The smallest absolute Gasteiger partial charge is 0.219 e. The third-order valence-electron chi connectivity index (χ3n) is 5.74. The Bertz CT molecular complexity index is 1300. The maximum absolute atomic E-state index is 9.89. The third-order valence-corrected chi connectivity index (χ3v) is 5.74. The minimum atomic E-state index is 0.247. The van der Waals surface area contributed by atoms with Crippen molar-refractivity contribution in [3.63, 3.8) is 0 Å². The fourth-order valence-corrected chi connectivity index (χ4v) is 4.07. The molecule has 1 aromatic heterocycles. The fraction of sp³-hybridized carbons (Fsp3) is 0.0333. The van der Waals surface area contributed by atoms with Gasteiger partial charge in [-0.1, -0.05) is 48.5 Å². The molecule has 0 bridgehead atoms. The molecule has 4 aromatic carbocycles. The van der Waals surface area contributed by atoms with E-state index in [9.17, 15) is 5.11 Å². The van der Waals surface area contributed by atoms with Crippen molar-refractivity contribution in [2.75, 3.05) is 7.11 Å². The van der Waals surface area contributed by atoms with Crippen LogP contribution in [0.2, 0.25) is 0 Å². The summed E-state index contributed by atoms with van der Waals surface area (Å²) >= 11 is 0. The number of ether oxygens (including phenoxy) is 1. The summed E-state index contributed by atoms with van der Waals surface area (Å²) in [4.78, 5) is 0. The number of rotatable bonds is 5. The Morgan fingerprint density at radius 1 is 0.545 bits per heavy atom. The lowest BCUT2D eigenvalue weighted by Crippen LogP contribution is -2.36. The number of hydrogen-bond donors (Lipinski definition) is 1. The molecule has 0 aliphatic rings. The van der Waals surface area contributed by atoms with E-state index in [1.54, 1.807) is 19.2 Å². The van der Waals surface area contributed by atoms with E-state index in [0.29, 0.717) is 0 Å². The molecule has 0 radical (unpaired) electrons. The molecule has 5 aromatic rings. The lowest BCUT2D eigenvalue weighted by atomic mass is 9.98. The SMILES string of the molecule is COc1ccc(-c2cc(-c3ccccc3)[n+](-c3ccc(O)cc3)c(-c3ccccc3)c2)cc1. The molecule has 33 heavy (non-hydrogen) atoms. The van der Waals surface area contributed by atoms with Crippen molar-refractivity contribution in [2.45, 2.75) is 0 Å². The number of benzene rings is 4. The van der Waals surface area contributed by atoms with Crippen molar-refractivity contribution >= 4 is 0 Å². The van der Waals surface area contributed by atoms with Crippen LogP contribution in [0.5, 0.6) is 11.5 Å². The van der Waals surface area contributed by atoms with Gasteiger partial charge < -0.3 is 9.84 Å². The predicted molar refractivity (Wildman–Crippen MR) is 132 cm³/mol. The number of hydrogen-bond acceptors (Lipinski definition) is 2. The molecular formula is C30H24NO2+. The monoisotopic (exact) mass is 430 g/mol. The summed E-state index contributed by atoms with van der Waals surface area (Å²) in [7, 11) is 1.68. The second-order valence-electron chi connectivity index (χ2n) is 7.83. The standard InChI is InChI=1S/C30H23NO2/c1-33-28-18-12-22(13-19-28)25-20-29(23-8-4-2-5-9-23)31(26-14-16-27(32)17-15-26)30(21-25)24-10-6-3-7-11-24/h2-21H,1H3/p+1. The lowest BCUT2D eigenvalue weighted by Gasteiger charge is -2.13. The van der Waals surface area contributed by atoms with Gasteiger partial charge in [-0.05, 0) is 59.7 Å². The number of methoxy groups -OCH3 is 1. The van der Waals surface area contributed by atoms with E-state index < -0.39 is 0 Å². The van der Waals surface area contributed by atoms with Crippen LogP contribution in [0.25, 0.3) is 39.3 Å². The highest BCUT2D eigenvalue weighted by Crippen LogP contribution is 2.31. The van der Waals surface area contributed by atoms with Gasteiger partial charge in [0.2, 0.25) is 17.1 Å². The van der Waals surface area contributed by atoms with Gasteiger partial charge >= 0.3 is 0 Å². The number of phenolic OH excluding ortho intramolecular Hbond substituents is 1. The number of pyridine rings is 1. The van der Waals surface area contributed by atoms with Gasteiger partial charge in [0.05, 0.1) is 7.11 Å². The van der Waals surface area contributed by atoms with Crippen molar-refractivity contribution in [3.05, 3.63) is 121 Å². The van der Waals surface area contributed by atoms with E-state index in [2.05, 4.69) is 77.4 Å². The molecule has 0 saturated heterocycles. The topological polar surface area (TPSA) is 33.3 Å². The third kappa shape index (κ3) is 4.21. The number of aromatic hydroxyl groups is 1. The zero-order chi connectivity index (χ0) is 22.6. The molecule has 160 valence electrons. The highest BCUT2D eigenvalue weighted by molar-refractivity contribution is 5.74. The molecule has 0 unspecified atom stereocenters. The van der Waals surface area contributed by atoms with Gasteiger partial charge in [-0.25, -0.2) is 0 Å². The molecule has 1 heterocycles. The van der Waals surface area contributed by atoms with Crippen molar-refractivity contribution in [3.8, 4) is 50.8 Å². The zero-order valence-corrected chi connectivity index (χ0v) is 18.3. The van der Waals surface area contributed by atoms with Crippen molar-refractivity contribution in [1.82, 2.24) is 0 Å². The van der Waals surface area contributed by atoms with Gasteiger partial charge in [-0.2, -0.15) is 4.57 Å². The van der Waals surface area contributed by atoms with Gasteiger partial charge in [0.25, 0.3) is 0 Å². The molecule has 0 aliphatic heterocycles. The van der Waals surface area contributed by atoms with Gasteiger partial charge in [-0.3, -0.25) is 0 Å². The zero-order valence-electron chi connectivity index (χ0n) is 18.3. The Labute approximate surface area is 193 Å². The quantitative estimate of drug-likeness (QED) is 0.316. The van der Waals surface area contributed by atoms with Crippen LogP contribution in [0, 0.1) is 0 Å². The van der Waals surface area contributed by atoms with Crippen LogP contribution >= 0.6 is 0 Å². The van der Waals surface area contributed by atoms with Crippen LogP contribution < -0.4 is 9.30 Å². The van der Waals surface area contributed by atoms with Crippen molar-refractivity contribution in [1.29, 1.82) is 0 Å². The highest BCUT2D eigenvalue weighted by atomic mass is 16.5. The second kappa shape index (κ2) is 9.01. The molecule has 0 fully saturated rings. The van der Waals surface area contributed by atoms with E-state index in [4.69, 9.17) is 4.74 Å². The van der Waals surface area contributed by atoms with Crippen LogP contribution in [0.1, 0.15) is 0 Å². The van der Waals surface area contributed by atoms with Crippen LogP contribution in [0.15, 0.2) is 121 Å². The van der Waals surface area contributed by atoms with E-state index in [-0.39, 0.29) is 5.75 Å². The number of aromatic nitrogens is 1. The minimum Gasteiger partial charge on any atom is -0.508 e. The van der Waals surface area contributed by atoms with Gasteiger partial charge in [0.1, 0.15) is 11.5 Å². The van der Waals surface area contributed by atoms with Gasteiger partial charge in [0.15, 0.2) is 0 Å². The summed E-state index contributed by atoms with van der Waals surface area (Å²) in [5, 5.41) is 9.89. The predicted octanol–water partition coefficient (Wildman–Crippen LogP) is 6.68. The molecule has 1 N–H and O–H groups in total. The summed E-state index contributed by atoms with van der Waals surface area (Å²) in [6.07, 6.45) is 0. The van der Waals surface area contributed by atoms with E-state index in [1.807, 2.05) is 36.4 Å². The fourth-order valence-electron chi connectivity index (χ4n) is 4.07. The van der Waals surface area contributed by atoms with E-state index >= 15 is 0 Å². The van der Waals surface area contributed by atoms with Crippen LogP contribution in [-0.4, -0.2) is 12.2 Å². The summed E-state index contributed by atoms with van der Waals surface area (Å²) in [5.41, 5.74) is 7.55. The molecule has 3 heteroatoms. The molecule has 0 spiro atoms. The first-order valence-electron chi connectivity index (χ1n) is 10.9. The maximum atomic E-state index is 9.89. The van der Waals surface area contributed by atoms with Crippen LogP contribution in [0.4, 0.5) is 0 Å². The number of nitrogens with zero attached hydrogens (tertiary/aromatic N) is 1. The molecule has 0 aliphatic carbocycles. The van der Waals surface area contributed by atoms with E-state index in [0.717, 1.165) is 45.1 Å². The Morgan fingerprint density at radius 2 is 1.06 bits per heavy atom.